The maximum atomic E-state index is 12.7. The second-order valence-corrected chi connectivity index (χ2v) is 11.4. The Balaban J connectivity index is 1.78. The molecular formula is C22H26N2O6S2. The summed E-state index contributed by atoms with van der Waals surface area (Å²) in [7, 11) is -2.21. The largest absolute Gasteiger partial charge is 0.453 e. The number of sulfone groups is 1. The first-order chi connectivity index (χ1) is 15.1. The van der Waals surface area contributed by atoms with Gasteiger partial charge in [0.2, 0.25) is 5.91 Å². The van der Waals surface area contributed by atoms with E-state index in [0.717, 1.165) is 29.7 Å². The number of hydrogen-bond donors (Lipinski definition) is 2. The second-order valence-electron chi connectivity index (χ2n) is 7.82. The monoisotopic (exact) mass is 478 g/mol. The number of fused-ring (bicyclic) bond motifs is 1. The van der Waals surface area contributed by atoms with E-state index in [-0.39, 0.29) is 17.2 Å². The summed E-state index contributed by atoms with van der Waals surface area (Å²) in [6, 6.07) is 6.21. The fraction of sp³-hybridized carbons (Fsp3) is 0.409. The van der Waals surface area contributed by atoms with Crippen LogP contribution in [0.4, 0.5) is 9.80 Å². The molecule has 3 amide bonds. The number of thiophene rings is 1. The standard InChI is InChI=1S/C22H26N2O6S2/c1-13(2)32(28,29)15-10-8-14(9-11-15)12-18(25)23-21-19(20(26)24-22(27)30-3)16-6-4-5-7-17(16)31-21/h8-11,13H,4-7,12H2,1-3H3,(H,23,25)(H,24,26,27). The molecular weight excluding hydrogens is 452 g/mol. The summed E-state index contributed by atoms with van der Waals surface area (Å²) in [6.07, 6.45) is 2.62. The minimum Gasteiger partial charge on any atom is -0.453 e. The molecule has 3 rings (SSSR count). The third-order valence-corrected chi connectivity index (χ3v) is 8.67. The van der Waals surface area contributed by atoms with E-state index in [2.05, 4.69) is 15.4 Å². The highest BCUT2D eigenvalue weighted by atomic mass is 32.2. The number of rotatable bonds is 6. The zero-order chi connectivity index (χ0) is 23.5. The Morgan fingerprint density at radius 2 is 1.75 bits per heavy atom. The van der Waals surface area contributed by atoms with Crippen molar-refractivity contribution in [2.75, 3.05) is 12.4 Å². The van der Waals surface area contributed by atoms with Crippen LogP contribution in [0.5, 0.6) is 0 Å². The summed E-state index contributed by atoms with van der Waals surface area (Å²) in [5.41, 5.74) is 1.81. The lowest BCUT2D eigenvalue weighted by molar-refractivity contribution is -0.115. The Kier molecular flexibility index (Phi) is 7.35. The van der Waals surface area contributed by atoms with Gasteiger partial charge in [-0.25, -0.2) is 13.2 Å². The highest BCUT2D eigenvalue weighted by Crippen LogP contribution is 2.38. The van der Waals surface area contributed by atoms with Gasteiger partial charge in [-0.15, -0.1) is 11.3 Å². The molecule has 0 radical (unpaired) electrons. The summed E-state index contributed by atoms with van der Waals surface area (Å²) in [5, 5.41) is 4.85. The number of anilines is 1. The molecule has 1 aliphatic carbocycles. The van der Waals surface area contributed by atoms with E-state index in [1.165, 1.54) is 30.6 Å². The molecule has 172 valence electrons. The number of aryl methyl sites for hydroxylation is 1. The molecule has 0 aliphatic heterocycles. The first kappa shape index (κ1) is 23.9. The number of amides is 3. The molecule has 2 N–H and O–H groups in total. The molecule has 0 unspecified atom stereocenters. The van der Waals surface area contributed by atoms with Gasteiger partial charge in [0.05, 0.1) is 29.2 Å². The Morgan fingerprint density at radius 3 is 2.38 bits per heavy atom. The Labute approximate surface area is 191 Å². The first-order valence-corrected chi connectivity index (χ1v) is 12.7. The number of nitrogens with one attached hydrogen (secondary N) is 2. The predicted octanol–water partition coefficient (Wildman–Crippen LogP) is 3.49. The molecule has 8 nitrogen and oxygen atoms in total. The lowest BCUT2D eigenvalue weighted by Crippen LogP contribution is -2.31. The van der Waals surface area contributed by atoms with Crippen LogP contribution in [-0.2, 0) is 38.6 Å². The summed E-state index contributed by atoms with van der Waals surface area (Å²) in [4.78, 5) is 38.1. The van der Waals surface area contributed by atoms with Crippen LogP contribution in [0.3, 0.4) is 0 Å². The van der Waals surface area contributed by atoms with E-state index in [1.807, 2.05) is 0 Å². The first-order valence-electron chi connectivity index (χ1n) is 10.3. The van der Waals surface area contributed by atoms with E-state index in [1.54, 1.807) is 26.0 Å². The average Bonchev–Trinajstić information content (AvgIpc) is 3.11. The number of carbonyl (C=O) groups is 3. The van der Waals surface area contributed by atoms with Gasteiger partial charge >= 0.3 is 6.09 Å². The SMILES string of the molecule is COC(=O)NC(=O)c1c(NC(=O)Cc2ccc(S(=O)(=O)C(C)C)cc2)sc2c1CCCC2. The van der Waals surface area contributed by atoms with Gasteiger partial charge in [0.15, 0.2) is 9.84 Å². The molecule has 1 aliphatic rings. The number of ether oxygens (including phenoxy) is 1. The van der Waals surface area contributed by atoms with Crippen molar-refractivity contribution in [3.05, 3.63) is 45.8 Å². The van der Waals surface area contributed by atoms with Gasteiger partial charge in [-0.3, -0.25) is 14.9 Å². The van der Waals surface area contributed by atoms with Crippen LogP contribution in [0.15, 0.2) is 29.2 Å². The van der Waals surface area contributed by atoms with E-state index in [0.29, 0.717) is 22.5 Å². The summed E-state index contributed by atoms with van der Waals surface area (Å²) in [5.74, 6) is -0.940. The van der Waals surface area contributed by atoms with Gasteiger partial charge in [0.25, 0.3) is 5.91 Å². The quantitative estimate of drug-likeness (QED) is 0.656. The number of hydrogen-bond acceptors (Lipinski definition) is 7. The molecule has 0 saturated heterocycles. The van der Waals surface area contributed by atoms with Crippen molar-refractivity contribution >= 4 is 44.1 Å². The van der Waals surface area contributed by atoms with Gasteiger partial charge in [-0.05, 0) is 62.8 Å². The lowest BCUT2D eigenvalue weighted by Gasteiger charge is -2.12. The molecule has 2 aromatic rings. The van der Waals surface area contributed by atoms with Gasteiger partial charge in [0.1, 0.15) is 5.00 Å². The number of benzene rings is 1. The average molecular weight is 479 g/mol. The van der Waals surface area contributed by atoms with Crippen molar-refractivity contribution < 1.29 is 27.5 Å². The van der Waals surface area contributed by atoms with Crippen LogP contribution >= 0.6 is 11.3 Å². The van der Waals surface area contributed by atoms with E-state index in [9.17, 15) is 22.8 Å². The van der Waals surface area contributed by atoms with Crippen molar-refractivity contribution in [2.45, 2.75) is 56.1 Å². The maximum Gasteiger partial charge on any atom is 0.413 e. The van der Waals surface area contributed by atoms with Crippen molar-refractivity contribution in [1.82, 2.24) is 5.32 Å². The normalized spacial score (nSPS) is 13.4. The highest BCUT2D eigenvalue weighted by molar-refractivity contribution is 7.92. The third-order valence-electron chi connectivity index (χ3n) is 5.29. The van der Waals surface area contributed by atoms with Crippen LogP contribution in [0, 0.1) is 0 Å². The van der Waals surface area contributed by atoms with Crippen molar-refractivity contribution in [1.29, 1.82) is 0 Å². The molecule has 1 aromatic heterocycles. The summed E-state index contributed by atoms with van der Waals surface area (Å²) in [6.45, 7) is 3.23. The molecule has 32 heavy (non-hydrogen) atoms. The fourth-order valence-electron chi connectivity index (χ4n) is 3.53. The highest BCUT2D eigenvalue weighted by Gasteiger charge is 2.27. The van der Waals surface area contributed by atoms with Gasteiger partial charge in [0, 0.05) is 4.88 Å². The lowest BCUT2D eigenvalue weighted by atomic mass is 9.95. The Hall–Kier alpha value is -2.72. The number of methoxy groups -OCH3 is 1. The van der Waals surface area contributed by atoms with Crippen LogP contribution in [-0.4, -0.2) is 38.7 Å². The van der Waals surface area contributed by atoms with Crippen molar-refractivity contribution in [3.8, 4) is 0 Å². The minimum atomic E-state index is -3.38. The minimum absolute atomic E-state index is 0.0165. The summed E-state index contributed by atoms with van der Waals surface area (Å²) >= 11 is 1.35. The molecule has 1 aromatic carbocycles. The van der Waals surface area contributed by atoms with Crippen LogP contribution < -0.4 is 10.6 Å². The zero-order valence-electron chi connectivity index (χ0n) is 18.2. The maximum absolute atomic E-state index is 12.7. The summed E-state index contributed by atoms with van der Waals surface area (Å²) < 4.78 is 29.0. The van der Waals surface area contributed by atoms with Gasteiger partial charge in [-0.1, -0.05) is 12.1 Å². The zero-order valence-corrected chi connectivity index (χ0v) is 19.8. The predicted molar refractivity (Wildman–Crippen MR) is 122 cm³/mol. The third kappa shape index (κ3) is 5.18. The molecule has 0 atom stereocenters. The molecule has 1 heterocycles. The van der Waals surface area contributed by atoms with Crippen molar-refractivity contribution in [3.63, 3.8) is 0 Å². The molecule has 10 heteroatoms. The van der Waals surface area contributed by atoms with Gasteiger partial charge < -0.3 is 10.1 Å². The second kappa shape index (κ2) is 9.83. The van der Waals surface area contributed by atoms with Crippen LogP contribution in [0.2, 0.25) is 0 Å². The van der Waals surface area contributed by atoms with E-state index >= 15 is 0 Å². The van der Waals surface area contributed by atoms with E-state index < -0.39 is 27.1 Å². The number of alkyl carbamates (subject to hydrolysis) is 1. The van der Waals surface area contributed by atoms with Gasteiger partial charge in [-0.2, -0.15) is 0 Å². The molecule has 0 fully saturated rings. The number of carbonyl (C=O) groups excluding carboxylic acids is 3. The van der Waals surface area contributed by atoms with E-state index in [4.69, 9.17) is 0 Å². The van der Waals surface area contributed by atoms with Crippen LogP contribution in [0.1, 0.15) is 53.1 Å². The molecule has 0 saturated carbocycles. The Morgan fingerprint density at radius 1 is 1.09 bits per heavy atom. The topological polar surface area (TPSA) is 119 Å². The smallest absolute Gasteiger partial charge is 0.413 e. The molecule has 0 bridgehead atoms. The Bertz CT molecular complexity index is 1130. The molecule has 0 spiro atoms. The fourth-order valence-corrected chi connectivity index (χ4v) is 5.89. The van der Waals surface area contributed by atoms with Crippen LogP contribution in [0.25, 0.3) is 0 Å². The number of imide groups is 1. The van der Waals surface area contributed by atoms with Crippen molar-refractivity contribution in [2.24, 2.45) is 0 Å².